The minimum Gasteiger partial charge on any atom is -0.126 e. The van der Waals surface area contributed by atoms with Crippen LogP contribution in [0.1, 0.15) is 25.7 Å². The summed E-state index contributed by atoms with van der Waals surface area (Å²) < 4.78 is 0. The first-order valence-electron chi connectivity index (χ1n) is 10.1. The summed E-state index contributed by atoms with van der Waals surface area (Å²) in [5.74, 6) is 2.43. The van der Waals surface area contributed by atoms with Gasteiger partial charge in [0.2, 0.25) is 0 Å². The summed E-state index contributed by atoms with van der Waals surface area (Å²) in [6.45, 7) is 0. The van der Waals surface area contributed by atoms with Gasteiger partial charge in [-0.2, -0.15) is 0 Å². The molecule has 0 nitrogen and oxygen atoms in total. The first-order valence-corrected chi connectivity index (χ1v) is 12.1. The third kappa shape index (κ3) is 4.92. The van der Waals surface area contributed by atoms with E-state index < -0.39 is 0 Å². The van der Waals surface area contributed by atoms with Gasteiger partial charge in [-0.05, 0) is 58.0 Å². The van der Waals surface area contributed by atoms with Gasteiger partial charge in [-0.25, -0.2) is 0 Å². The van der Waals surface area contributed by atoms with Crippen LogP contribution in [0, 0.1) is 0 Å². The Hall–Kier alpha value is -1.90. The monoisotopic (exact) mass is 402 g/mol. The van der Waals surface area contributed by atoms with Crippen LogP contribution in [-0.2, 0) is 0 Å². The molecule has 0 fully saturated rings. The number of unbranched alkanes of at least 4 members (excludes halogenated alkanes) is 3. The number of benzene rings is 4. The topological polar surface area (TPSA) is 0 Å². The van der Waals surface area contributed by atoms with Crippen LogP contribution in [0.2, 0.25) is 0 Å². The maximum atomic E-state index is 2.26. The first-order chi connectivity index (χ1) is 13.9. The second-order valence-corrected chi connectivity index (χ2v) is 9.34. The minimum atomic E-state index is 1.21. The van der Waals surface area contributed by atoms with Gasteiger partial charge in [0.1, 0.15) is 0 Å². The fourth-order valence-electron chi connectivity index (χ4n) is 3.57. The maximum absolute atomic E-state index is 2.26. The number of hydrogen-bond donors (Lipinski definition) is 0. The lowest BCUT2D eigenvalue weighted by Crippen LogP contribution is -1.86. The molecule has 0 saturated heterocycles. The predicted octanol–water partition coefficient (Wildman–Crippen LogP) is 8.44. The fraction of sp³-hybridized carbons (Fsp3) is 0.231. The van der Waals surface area contributed by atoms with Crippen LogP contribution < -0.4 is 0 Å². The van der Waals surface area contributed by atoms with Crippen molar-refractivity contribution >= 4 is 45.1 Å². The Balaban J connectivity index is 1.16. The molecule has 0 aliphatic heterocycles. The van der Waals surface area contributed by atoms with Crippen molar-refractivity contribution in [2.24, 2.45) is 0 Å². The van der Waals surface area contributed by atoms with Crippen molar-refractivity contribution in [3.05, 3.63) is 84.9 Å². The molecular weight excluding hydrogens is 376 g/mol. The standard InChI is InChI=1S/C26H26S2/c1(7-19-27-25-17-9-13-21-11-3-5-15-23(21)25)2-8-20-28-26-18-10-14-22-12-4-6-16-24(22)26/h3-6,9-18H,1-2,7-8,19-20H2. The zero-order chi connectivity index (χ0) is 19.0. The largest absolute Gasteiger partial charge is 0.126 e. The summed E-state index contributed by atoms with van der Waals surface area (Å²) in [6, 6.07) is 30.7. The van der Waals surface area contributed by atoms with Crippen molar-refractivity contribution in [1.82, 2.24) is 0 Å². The van der Waals surface area contributed by atoms with Crippen LogP contribution in [0.3, 0.4) is 0 Å². The zero-order valence-electron chi connectivity index (χ0n) is 16.1. The molecule has 4 rings (SSSR count). The van der Waals surface area contributed by atoms with E-state index in [2.05, 4.69) is 84.9 Å². The second-order valence-electron chi connectivity index (χ2n) is 7.07. The molecule has 4 aromatic rings. The summed E-state index contributed by atoms with van der Waals surface area (Å²) in [4.78, 5) is 2.84. The molecule has 0 N–H and O–H groups in total. The summed E-state index contributed by atoms with van der Waals surface area (Å²) in [7, 11) is 0. The lowest BCUT2D eigenvalue weighted by Gasteiger charge is -2.07. The number of thioether (sulfide) groups is 2. The lowest BCUT2D eigenvalue weighted by molar-refractivity contribution is 0.711. The second kappa shape index (κ2) is 10.0. The Labute approximate surface area is 176 Å². The molecule has 0 amide bonds. The highest BCUT2D eigenvalue weighted by atomic mass is 32.2. The average molecular weight is 403 g/mol. The van der Waals surface area contributed by atoms with E-state index in [-0.39, 0.29) is 0 Å². The van der Waals surface area contributed by atoms with E-state index in [9.17, 15) is 0 Å². The highest BCUT2D eigenvalue weighted by Gasteiger charge is 2.02. The van der Waals surface area contributed by atoms with Crippen molar-refractivity contribution in [3.8, 4) is 0 Å². The van der Waals surface area contributed by atoms with E-state index >= 15 is 0 Å². The molecule has 0 spiro atoms. The molecule has 0 heterocycles. The van der Waals surface area contributed by atoms with Crippen LogP contribution in [0.5, 0.6) is 0 Å². The Kier molecular flexibility index (Phi) is 6.96. The van der Waals surface area contributed by atoms with Crippen molar-refractivity contribution < 1.29 is 0 Å². The SMILES string of the molecule is c1ccc2c(SCCCCCCSc3cccc4ccccc34)cccc2c1. The highest BCUT2D eigenvalue weighted by Crippen LogP contribution is 2.30. The third-order valence-electron chi connectivity index (χ3n) is 5.05. The van der Waals surface area contributed by atoms with E-state index in [1.165, 1.54) is 68.5 Å². The summed E-state index contributed by atoms with van der Waals surface area (Å²) in [6.07, 6.45) is 5.25. The van der Waals surface area contributed by atoms with Crippen LogP contribution in [0.25, 0.3) is 21.5 Å². The van der Waals surface area contributed by atoms with Crippen LogP contribution >= 0.6 is 23.5 Å². The summed E-state index contributed by atoms with van der Waals surface area (Å²) >= 11 is 4.01. The highest BCUT2D eigenvalue weighted by molar-refractivity contribution is 7.99. The van der Waals surface area contributed by atoms with E-state index in [1.807, 2.05) is 23.5 Å². The fourth-order valence-corrected chi connectivity index (χ4v) is 5.73. The minimum absolute atomic E-state index is 1.21. The van der Waals surface area contributed by atoms with Gasteiger partial charge in [0.25, 0.3) is 0 Å². The molecule has 2 heteroatoms. The predicted molar refractivity (Wildman–Crippen MR) is 128 cm³/mol. The Morgan fingerprint density at radius 3 is 1.36 bits per heavy atom. The van der Waals surface area contributed by atoms with Crippen LogP contribution in [0.15, 0.2) is 94.7 Å². The molecule has 142 valence electrons. The van der Waals surface area contributed by atoms with Crippen molar-refractivity contribution in [1.29, 1.82) is 0 Å². The van der Waals surface area contributed by atoms with Crippen molar-refractivity contribution in [2.45, 2.75) is 35.5 Å². The molecule has 0 aliphatic carbocycles. The lowest BCUT2D eigenvalue weighted by atomic mass is 10.1. The summed E-state index contributed by atoms with van der Waals surface area (Å²) in [5, 5.41) is 5.47. The normalized spacial score (nSPS) is 11.3. The quantitative estimate of drug-likeness (QED) is 0.203. The van der Waals surface area contributed by atoms with Gasteiger partial charge in [-0.3, -0.25) is 0 Å². The van der Waals surface area contributed by atoms with Gasteiger partial charge < -0.3 is 0 Å². The van der Waals surface area contributed by atoms with Crippen molar-refractivity contribution in [3.63, 3.8) is 0 Å². The van der Waals surface area contributed by atoms with E-state index in [1.54, 1.807) is 0 Å². The molecule has 0 unspecified atom stereocenters. The van der Waals surface area contributed by atoms with Gasteiger partial charge in [0.15, 0.2) is 0 Å². The van der Waals surface area contributed by atoms with E-state index in [0.717, 1.165) is 0 Å². The number of hydrogen-bond acceptors (Lipinski definition) is 2. The maximum Gasteiger partial charge on any atom is 0.0150 e. The average Bonchev–Trinajstić information content (AvgIpc) is 2.76. The third-order valence-corrected chi connectivity index (χ3v) is 7.37. The first kappa shape index (κ1) is 19.4. The Bertz CT molecular complexity index is 943. The van der Waals surface area contributed by atoms with Crippen LogP contribution in [-0.4, -0.2) is 11.5 Å². The molecule has 0 saturated carbocycles. The molecule has 0 bridgehead atoms. The van der Waals surface area contributed by atoms with E-state index in [4.69, 9.17) is 0 Å². The van der Waals surface area contributed by atoms with Gasteiger partial charge in [0.05, 0.1) is 0 Å². The molecule has 28 heavy (non-hydrogen) atoms. The van der Waals surface area contributed by atoms with Gasteiger partial charge in [-0.15, -0.1) is 23.5 Å². The molecular formula is C26H26S2. The van der Waals surface area contributed by atoms with E-state index in [0.29, 0.717) is 0 Å². The van der Waals surface area contributed by atoms with Crippen molar-refractivity contribution in [2.75, 3.05) is 11.5 Å². The molecule has 0 aromatic heterocycles. The molecule has 0 atom stereocenters. The smallest absolute Gasteiger partial charge is 0.0150 e. The number of fused-ring (bicyclic) bond motifs is 2. The van der Waals surface area contributed by atoms with Gasteiger partial charge in [0, 0.05) is 9.79 Å². The molecule has 0 radical (unpaired) electrons. The molecule has 0 aliphatic rings. The molecule has 4 aromatic carbocycles. The summed E-state index contributed by atoms with van der Waals surface area (Å²) in [5.41, 5.74) is 0. The Morgan fingerprint density at radius 1 is 0.429 bits per heavy atom. The number of rotatable bonds is 9. The zero-order valence-corrected chi connectivity index (χ0v) is 17.8. The Morgan fingerprint density at radius 2 is 0.857 bits per heavy atom. The van der Waals surface area contributed by atoms with Gasteiger partial charge in [-0.1, -0.05) is 85.6 Å². The van der Waals surface area contributed by atoms with Gasteiger partial charge >= 0.3 is 0 Å². The van der Waals surface area contributed by atoms with Crippen LogP contribution in [0.4, 0.5) is 0 Å².